The first-order valence-electron chi connectivity index (χ1n) is 6.07. The van der Waals surface area contributed by atoms with E-state index >= 15 is 0 Å². The maximum absolute atomic E-state index is 11.4. The predicted molar refractivity (Wildman–Crippen MR) is 68.6 cm³/mol. The molecule has 3 nitrogen and oxygen atoms in total. The highest BCUT2D eigenvalue weighted by Gasteiger charge is 2.03. The largest absolute Gasteiger partial charge is 0.376 e. The number of ketones is 1. The van der Waals surface area contributed by atoms with E-state index in [-0.39, 0.29) is 11.8 Å². The van der Waals surface area contributed by atoms with Gasteiger partial charge in [-0.1, -0.05) is 30.3 Å². The molecular weight excluding hydrogens is 214 g/mol. The van der Waals surface area contributed by atoms with Crippen LogP contribution in [0.15, 0.2) is 30.3 Å². The Bertz CT molecular complexity index is 322. The number of nitrogens with two attached hydrogens (primary N) is 1. The van der Waals surface area contributed by atoms with E-state index in [1.165, 1.54) is 0 Å². The molecule has 3 heteroatoms. The fourth-order valence-corrected chi connectivity index (χ4v) is 1.46. The molecule has 1 rings (SSSR count). The van der Waals surface area contributed by atoms with Crippen LogP contribution in [0.1, 0.15) is 31.7 Å². The Kier molecular flexibility index (Phi) is 6.51. The standard InChI is InChI=1S/C14H21NO2/c1-12(15)7-8-14(16)9-10-17-11-13-5-3-2-4-6-13/h2-6,12H,7-11,15H2,1H3. The molecule has 0 radical (unpaired) electrons. The molecule has 0 aromatic heterocycles. The number of carbonyl (C=O) groups is 1. The first-order valence-corrected chi connectivity index (χ1v) is 6.07. The second kappa shape index (κ2) is 7.98. The molecule has 0 bridgehead atoms. The van der Waals surface area contributed by atoms with Gasteiger partial charge in [0.1, 0.15) is 5.78 Å². The fourth-order valence-electron chi connectivity index (χ4n) is 1.46. The summed E-state index contributed by atoms with van der Waals surface area (Å²) in [4.78, 5) is 11.4. The number of benzene rings is 1. The SMILES string of the molecule is CC(N)CCC(=O)CCOCc1ccccc1. The molecule has 1 aromatic carbocycles. The number of carbonyl (C=O) groups excluding carboxylic acids is 1. The second-order valence-corrected chi connectivity index (χ2v) is 4.34. The van der Waals surface area contributed by atoms with Gasteiger partial charge in [0.05, 0.1) is 13.2 Å². The Labute approximate surface area is 103 Å². The molecule has 0 fully saturated rings. The minimum absolute atomic E-state index is 0.101. The van der Waals surface area contributed by atoms with E-state index in [1.807, 2.05) is 37.3 Å². The third kappa shape index (κ3) is 6.87. The van der Waals surface area contributed by atoms with Gasteiger partial charge in [0.25, 0.3) is 0 Å². The van der Waals surface area contributed by atoms with E-state index in [2.05, 4.69) is 0 Å². The van der Waals surface area contributed by atoms with Crippen LogP contribution < -0.4 is 5.73 Å². The van der Waals surface area contributed by atoms with Crippen molar-refractivity contribution >= 4 is 5.78 Å². The van der Waals surface area contributed by atoms with Crippen molar-refractivity contribution in [2.45, 2.75) is 38.8 Å². The third-order valence-corrected chi connectivity index (χ3v) is 2.52. The van der Waals surface area contributed by atoms with E-state index in [0.717, 1.165) is 12.0 Å². The summed E-state index contributed by atoms with van der Waals surface area (Å²) in [6.07, 6.45) is 1.81. The van der Waals surface area contributed by atoms with Gasteiger partial charge in [-0.2, -0.15) is 0 Å². The topological polar surface area (TPSA) is 52.3 Å². The zero-order valence-electron chi connectivity index (χ0n) is 10.4. The molecule has 0 saturated heterocycles. The zero-order valence-corrected chi connectivity index (χ0v) is 10.4. The highest BCUT2D eigenvalue weighted by molar-refractivity contribution is 5.78. The summed E-state index contributed by atoms with van der Waals surface area (Å²) in [5.74, 6) is 0.232. The minimum Gasteiger partial charge on any atom is -0.376 e. The van der Waals surface area contributed by atoms with E-state index < -0.39 is 0 Å². The van der Waals surface area contributed by atoms with Gasteiger partial charge in [-0.3, -0.25) is 4.79 Å². The van der Waals surface area contributed by atoms with Crippen LogP contribution in [0.4, 0.5) is 0 Å². The number of ether oxygens (including phenoxy) is 1. The fraction of sp³-hybridized carbons (Fsp3) is 0.500. The molecule has 0 heterocycles. The van der Waals surface area contributed by atoms with Crippen molar-refractivity contribution in [3.05, 3.63) is 35.9 Å². The van der Waals surface area contributed by atoms with Gasteiger partial charge in [-0.25, -0.2) is 0 Å². The molecule has 0 aliphatic carbocycles. The molecule has 0 aliphatic rings. The van der Waals surface area contributed by atoms with Crippen molar-refractivity contribution in [2.24, 2.45) is 5.73 Å². The molecule has 0 amide bonds. The van der Waals surface area contributed by atoms with Crippen LogP contribution in [0.2, 0.25) is 0 Å². The normalized spacial score (nSPS) is 12.4. The molecule has 2 N–H and O–H groups in total. The van der Waals surface area contributed by atoms with Crippen LogP contribution in [0.3, 0.4) is 0 Å². The summed E-state index contributed by atoms with van der Waals surface area (Å²) in [5, 5.41) is 0. The van der Waals surface area contributed by atoms with Crippen LogP contribution in [-0.4, -0.2) is 18.4 Å². The quantitative estimate of drug-likeness (QED) is 0.703. The highest BCUT2D eigenvalue weighted by atomic mass is 16.5. The predicted octanol–water partition coefficient (Wildman–Crippen LogP) is 2.29. The van der Waals surface area contributed by atoms with Crippen LogP contribution in [0, 0.1) is 0 Å². The molecule has 0 spiro atoms. The molecule has 94 valence electrons. The molecule has 1 atom stereocenters. The molecule has 1 aromatic rings. The summed E-state index contributed by atoms with van der Waals surface area (Å²) in [5.41, 5.74) is 6.72. The second-order valence-electron chi connectivity index (χ2n) is 4.34. The molecule has 17 heavy (non-hydrogen) atoms. The van der Waals surface area contributed by atoms with Crippen LogP contribution in [0.25, 0.3) is 0 Å². The lowest BCUT2D eigenvalue weighted by atomic mass is 10.1. The molecule has 0 saturated carbocycles. The van der Waals surface area contributed by atoms with Crippen LogP contribution >= 0.6 is 0 Å². The van der Waals surface area contributed by atoms with Gasteiger partial charge in [-0.05, 0) is 18.9 Å². The Balaban J connectivity index is 2.06. The van der Waals surface area contributed by atoms with Gasteiger partial charge in [0, 0.05) is 18.9 Å². The maximum atomic E-state index is 11.4. The van der Waals surface area contributed by atoms with Crippen molar-refractivity contribution in [1.82, 2.24) is 0 Å². The van der Waals surface area contributed by atoms with Crippen LogP contribution in [-0.2, 0) is 16.1 Å². The Morgan fingerprint density at radius 1 is 1.29 bits per heavy atom. The van der Waals surface area contributed by atoms with Gasteiger partial charge >= 0.3 is 0 Å². The number of hydrogen-bond acceptors (Lipinski definition) is 3. The summed E-state index contributed by atoms with van der Waals surface area (Å²) in [6.45, 7) is 2.98. The maximum Gasteiger partial charge on any atom is 0.135 e. The summed E-state index contributed by atoms with van der Waals surface area (Å²) < 4.78 is 5.45. The Morgan fingerprint density at radius 3 is 2.65 bits per heavy atom. The van der Waals surface area contributed by atoms with Gasteiger partial charge in [0.2, 0.25) is 0 Å². The lowest BCUT2D eigenvalue weighted by Crippen LogP contribution is -2.16. The molecular formula is C14H21NO2. The van der Waals surface area contributed by atoms with Crippen molar-refractivity contribution in [1.29, 1.82) is 0 Å². The zero-order chi connectivity index (χ0) is 12.5. The number of Topliss-reactive ketones (excluding diaryl/α,β-unsaturated/α-hetero) is 1. The smallest absolute Gasteiger partial charge is 0.135 e. The van der Waals surface area contributed by atoms with Crippen molar-refractivity contribution in [2.75, 3.05) is 6.61 Å². The summed E-state index contributed by atoms with van der Waals surface area (Å²) in [7, 11) is 0. The van der Waals surface area contributed by atoms with Crippen molar-refractivity contribution < 1.29 is 9.53 Å². The molecule has 0 aliphatic heterocycles. The number of hydrogen-bond donors (Lipinski definition) is 1. The summed E-state index contributed by atoms with van der Waals surface area (Å²) >= 11 is 0. The van der Waals surface area contributed by atoms with E-state index in [1.54, 1.807) is 0 Å². The first-order chi connectivity index (χ1) is 8.18. The highest BCUT2D eigenvalue weighted by Crippen LogP contribution is 2.02. The van der Waals surface area contributed by atoms with Gasteiger partial charge in [0.15, 0.2) is 0 Å². The average molecular weight is 235 g/mol. The third-order valence-electron chi connectivity index (χ3n) is 2.52. The van der Waals surface area contributed by atoms with E-state index in [9.17, 15) is 4.79 Å². The van der Waals surface area contributed by atoms with Crippen LogP contribution in [0.5, 0.6) is 0 Å². The van der Waals surface area contributed by atoms with Gasteiger partial charge < -0.3 is 10.5 Å². The van der Waals surface area contributed by atoms with Crippen molar-refractivity contribution in [3.63, 3.8) is 0 Å². The molecule has 1 unspecified atom stereocenters. The number of rotatable bonds is 8. The summed E-state index contributed by atoms with van der Waals surface area (Å²) in [6, 6.07) is 10.1. The Morgan fingerprint density at radius 2 is 2.00 bits per heavy atom. The monoisotopic (exact) mass is 235 g/mol. The van der Waals surface area contributed by atoms with Crippen molar-refractivity contribution in [3.8, 4) is 0 Å². The van der Waals surface area contributed by atoms with E-state index in [4.69, 9.17) is 10.5 Å². The first kappa shape index (κ1) is 13.9. The lowest BCUT2D eigenvalue weighted by Gasteiger charge is -2.05. The van der Waals surface area contributed by atoms with Gasteiger partial charge in [-0.15, -0.1) is 0 Å². The minimum atomic E-state index is 0.101. The Hall–Kier alpha value is -1.19. The average Bonchev–Trinajstić information content (AvgIpc) is 2.33. The van der Waals surface area contributed by atoms with E-state index in [0.29, 0.717) is 26.1 Å². The lowest BCUT2D eigenvalue weighted by molar-refractivity contribution is -0.120.